The van der Waals surface area contributed by atoms with Gasteiger partial charge in [0.2, 0.25) is 5.91 Å². The average Bonchev–Trinajstić information content (AvgIpc) is 3.27. The van der Waals surface area contributed by atoms with Crippen LogP contribution in [-0.4, -0.2) is 47.4 Å². The molecule has 0 bridgehead atoms. The zero-order valence-corrected chi connectivity index (χ0v) is 41.9. The standard InChI is InChI=1S/C56H109NO5/c1-3-5-7-9-11-13-15-16-17-18-19-22-25-29-32-36-40-44-48-54(59)53(52-58)57-55(60)49-45-41-37-33-30-26-23-20-21-24-27-31-35-39-43-47-51-62-56(61)50-46-42-38-34-28-14-12-10-8-6-4-2/h20,23,53-54,58-59H,3-19,21-22,24-52H2,1-2H3,(H,57,60)/b23-20-. The lowest BCUT2D eigenvalue weighted by Crippen LogP contribution is -2.45. The van der Waals surface area contributed by atoms with Crippen LogP contribution in [0.2, 0.25) is 0 Å². The number of allylic oxidation sites excluding steroid dienone is 2. The van der Waals surface area contributed by atoms with Gasteiger partial charge in [0.1, 0.15) is 0 Å². The van der Waals surface area contributed by atoms with Gasteiger partial charge in [0.05, 0.1) is 25.4 Å². The maximum atomic E-state index is 12.5. The number of rotatable bonds is 52. The summed E-state index contributed by atoms with van der Waals surface area (Å²) in [6.07, 6.45) is 60.5. The Labute approximate surface area is 387 Å². The summed E-state index contributed by atoms with van der Waals surface area (Å²) in [5, 5.41) is 23.3. The Kier molecular flexibility index (Phi) is 51.0. The van der Waals surface area contributed by atoms with E-state index in [4.69, 9.17) is 4.74 Å². The number of carbonyl (C=O) groups is 2. The molecule has 0 aliphatic rings. The van der Waals surface area contributed by atoms with Crippen molar-refractivity contribution in [2.75, 3.05) is 13.2 Å². The number of ether oxygens (including phenoxy) is 1. The first kappa shape index (κ1) is 60.6. The van der Waals surface area contributed by atoms with Gasteiger partial charge in [0.15, 0.2) is 0 Å². The molecule has 6 nitrogen and oxygen atoms in total. The highest BCUT2D eigenvalue weighted by atomic mass is 16.5. The normalized spacial score (nSPS) is 12.6. The molecule has 0 fully saturated rings. The van der Waals surface area contributed by atoms with Crippen molar-refractivity contribution in [3.63, 3.8) is 0 Å². The molecule has 62 heavy (non-hydrogen) atoms. The van der Waals surface area contributed by atoms with Crippen LogP contribution in [0.4, 0.5) is 0 Å². The Morgan fingerprint density at radius 3 is 1.15 bits per heavy atom. The zero-order valence-electron chi connectivity index (χ0n) is 41.9. The topological polar surface area (TPSA) is 95.9 Å². The van der Waals surface area contributed by atoms with Crippen molar-refractivity contribution in [1.82, 2.24) is 5.32 Å². The SMILES string of the molecule is CCCCCCCCCCCCCCCCCCCCC(O)C(CO)NC(=O)CCCCCCC/C=C\CCCCCCCCCOC(=O)CCCCCCCCCCCCC. The van der Waals surface area contributed by atoms with Crippen LogP contribution < -0.4 is 5.32 Å². The lowest BCUT2D eigenvalue weighted by molar-refractivity contribution is -0.143. The zero-order chi connectivity index (χ0) is 45.1. The van der Waals surface area contributed by atoms with Crippen LogP contribution in [0.25, 0.3) is 0 Å². The number of carbonyl (C=O) groups excluding carboxylic acids is 2. The molecule has 2 atom stereocenters. The van der Waals surface area contributed by atoms with E-state index in [1.165, 1.54) is 212 Å². The highest BCUT2D eigenvalue weighted by molar-refractivity contribution is 5.76. The second-order valence-corrected chi connectivity index (χ2v) is 19.3. The number of unbranched alkanes of at least 4 members (excludes halogenated alkanes) is 39. The van der Waals surface area contributed by atoms with Crippen molar-refractivity contribution < 1.29 is 24.5 Å². The Hall–Kier alpha value is -1.40. The number of esters is 1. The molecule has 0 saturated heterocycles. The smallest absolute Gasteiger partial charge is 0.305 e. The third-order valence-electron chi connectivity index (χ3n) is 13.1. The maximum absolute atomic E-state index is 12.5. The molecule has 0 aromatic rings. The van der Waals surface area contributed by atoms with Crippen molar-refractivity contribution in [3.05, 3.63) is 12.2 Å². The fraction of sp³-hybridized carbons (Fsp3) is 0.929. The predicted octanol–water partition coefficient (Wildman–Crippen LogP) is 16.9. The monoisotopic (exact) mass is 876 g/mol. The number of aliphatic hydroxyl groups is 2. The summed E-state index contributed by atoms with van der Waals surface area (Å²) in [5.74, 6) is -0.0521. The minimum Gasteiger partial charge on any atom is -0.466 e. The summed E-state index contributed by atoms with van der Waals surface area (Å²) in [5.41, 5.74) is 0. The number of aliphatic hydroxyl groups excluding tert-OH is 2. The van der Waals surface area contributed by atoms with Crippen molar-refractivity contribution in [1.29, 1.82) is 0 Å². The number of amides is 1. The largest absolute Gasteiger partial charge is 0.466 e. The molecule has 0 aromatic carbocycles. The second kappa shape index (κ2) is 52.2. The summed E-state index contributed by atoms with van der Waals surface area (Å²) in [6.45, 7) is 4.94. The molecule has 0 spiro atoms. The van der Waals surface area contributed by atoms with E-state index in [0.29, 0.717) is 25.9 Å². The van der Waals surface area contributed by atoms with E-state index < -0.39 is 12.1 Å². The van der Waals surface area contributed by atoms with Crippen molar-refractivity contribution in [2.24, 2.45) is 0 Å². The van der Waals surface area contributed by atoms with E-state index in [9.17, 15) is 19.8 Å². The van der Waals surface area contributed by atoms with Gasteiger partial charge in [-0.3, -0.25) is 9.59 Å². The Balaban J connectivity index is 3.47. The fourth-order valence-corrected chi connectivity index (χ4v) is 8.75. The van der Waals surface area contributed by atoms with Gasteiger partial charge in [0, 0.05) is 12.8 Å². The number of nitrogens with one attached hydrogen (secondary N) is 1. The van der Waals surface area contributed by atoms with E-state index in [2.05, 4.69) is 31.3 Å². The average molecular weight is 876 g/mol. The molecule has 0 aromatic heterocycles. The molecule has 0 rings (SSSR count). The molecule has 0 saturated carbocycles. The summed E-state index contributed by atoms with van der Waals surface area (Å²) < 4.78 is 5.45. The molecule has 0 aliphatic carbocycles. The van der Waals surface area contributed by atoms with Gasteiger partial charge >= 0.3 is 5.97 Å². The third kappa shape index (κ3) is 48.1. The molecular formula is C56H109NO5. The van der Waals surface area contributed by atoms with Crippen LogP contribution in [0.1, 0.15) is 309 Å². The Morgan fingerprint density at radius 1 is 0.435 bits per heavy atom. The van der Waals surface area contributed by atoms with Crippen LogP contribution in [0.5, 0.6) is 0 Å². The molecule has 3 N–H and O–H groups in total. The molecular weight excluding hydrogens is 767 g/mol. The van der Waals surface area contributed by atoms with Crippen LogP contribution in [0, 0.1) is 0 Å². The highest BCUT2D eigenvalue weighted by Crippen LogP contribution is 2.17. The van der Waals surface area contributed by atoms with E-state index in [1.54, 1.807) is 0 Å². The number of hydrogen-bond acceptors (Lipinski definition) is 5. The van der Waals surface area contributed by atoms with E-state index in [1.807, 2.05) is 0 Å². The molecule has 0 radical (unpaired) electrons. The summed E-state index contributed by atoms with van der Waals surface area (Å²) in [7, 11) is 0. The molecule has 2 unspecified atom stereocenters. The Morgan fingerprint density at radius 2 is 0.758 bits per heavy atom. The fourth-order valence-electron chi connectivity index (χ4n) is 8.75. The summed E-state index contributed by atoms with van der Waals surface area (Å²) in [6, 6.07) is -0.553. The van der Waals surface area contributed by atoms with E-state index in [-0.39, 0.29) is 18.5 Å². The van der Waals surface area contributed by atoms with Crippen LogP contribution >= 0.6 is 0 Å². The molecule has 1 amide bonds. The Bertz CT molecular complexity index is 924. The van der Waals surface area contributed by atoms with Crippen molar-refractivity contribution in [2.45, 2.75) is 321 Å². The van der Waals surface area contributed by atoms with Gasteiger partial charge in [0.25, 0.3) is 0 Å². The first-order valence-corrected chi connectivity index (χ1v) is 27.9. The minimum atomic E-state index is -0.674. The molecule has 6 heteroatoms. The van der Waals surface area contributed by atoms with Crippen molar-refractivity contribution >= 4 is 11.9 Å². The van der Waals surface area contributed by atoms with Gasteiger partial charge < -0.3 is 20.3 Å². The van der Waals surface area contributed by atoms with E-state index >= 15 is 0 Å². The minimum absolute atomic E-state index is 0.00260. The van der Waals surface area contributed by atoms with Crippen LogP contribution in [-0.2, 0) is 14.3 Å². The lowest BCUT2D eigenvalue weighted by atomic mass is 10.0. The number of hydrogen-bond donors (Lipinski definition) is 3. The summed E-state index contributed by atoms with van der Waals surface area (Å²) in [4.78, 5) is 24.5. The summed E-state index contributed by atoms with van der Waals surface area (Å²) >= 11 is 0. The second-order valence-electron chi connectivity index (χ2n) is 19.3. The van der Waals surface area contributed by atoms with Gasteiger partial charge in [-0.2, -0.15) is 0 Å². The van der Waals surface area contributed by atoms with Gasteiger partial charge in [-0.1, -0.05) is 257 Å². The van der Waals surface area contributed by atoms with Gasteiger partial charge in [-0.25, -0.2) is 0 Å². The van der Waals surface area contributed by atoms with Crippen LogP contribution in [0.15, 0.2) is 12.2 Å². The molecule has 0 aliphatic heterocycles. The third-order valence-corrected chi connectivity index (χ3v) is 13.1. The van der Waals surface area contributed by atoms with Gasteiger partial charge in [-0.15, -0.1) is 0 Å². The maximum Gasteiger partial charge on any atom is 0.305 e. The highest BCUT2D eigenvalue weighted by Gasteiger charge is 2.20. The van der Waals surface area contributed by atoms with Crippen LogP contribution in [0.3, 0.4) is 0 Å². The van der Waals surface area contributed by atoms with Gasteiger partial charge in [-0.05, 0) is 51.4 Å². The molecule has 0 heterocycles. The first-order chi connectivity index (χ1) is 30.5. The predicted molar refractivity (Wildman–Crippen MR) is 269 cm³/mol. The quantitative estimate of drug-likeness (QED) is 0.0321. The first-order valence-electron chi connectivity index (χ1n) is 27.9. The lowest BCUT2D eigenvalue weighted by Gasteiger charge is -2.22. The van der Waals surface area contributed by atoms with Crippen molar-refractivity contribution in [3.8, 4) is 0 Å². The molecule has 368 valence electrons. The van der Waals surface area contributed by atoms with E-state index in [0.717, 1.165) is 64.2 Å².